The summed E-state index contributed by atoms with van der Waals surface area (Å²) in [6.45, 7) is 0.0667. The molecule has 4 fully saturated rings. The van der Waals surface area contributed by atoms with Gasteiger partial charge in [0, 0.05) is 0 Å². The predicted molar refractivity (Wildman–Crippen MR) is 110 cm³/mol. The number of amides is 3. The van der Waals surface area contributed by atoms with Crippen molar-refractivity contribution in [3.05, 3.63) is 40.4 Å². The van der Waals surface area contributed by atoms with Crippen molar-refractivity contribution in [2.75, 3.05) is 5.32 Å². The number of fused-ring (bicyclic) bond motifs is 1. The molecule has 2 aromatic rings. The molecule has 4 bridgehead atoms. The second-order valence-electron chi connectivity index (χ2n) is 9.39. The monoisotopic (exact) mass is 422 g/mol. The molecule has 0 radical (unpaired) electrons. The van der Waals surface area contributed by atoms with E-state index in [1.807, 2.05) is 0 Å². The van der Waals surface area contributed by atoms with Crippen LogP contribution in [0.5, 0.6) is 0 Å². The fraction of sp³-hybridized carbons (Fsp3) is 0.500. The molecule has 7 nitrogen and oxygen atoms in total. The van der Waals surface area contributed by atoms with Crippen molar-refractivity contribution in [1.82, 2.24) is 15.1 Å². The fourth-order valence-corrected chi connectivity index (χ4v) is 7.23. The van der Waals surface area contributed by atoms with Gasteiger partial charge in [0.1, 0.15) is 5.01 Å². The summed E-state index contributed by atoms with van der Waals surface area (Å²) in [5, 5.41) is 12.2. The Balaban J connectivity index is 1.16. The van der Waals surface area contributed by atoms with Crippen molar-refractivity contribution >= 4 is 34.2 Å². The molecule has 3 amide bonds. The first-order chi connectivity index (χ1) is 14.5. The van der Waals surface area contributed by atoms with E-state index in [4.69, 9.17) is 0 Å². The Bertz CT molecular complexity index is 1010. The fourth-order valence-electron chi connectivity index (χ4n) is 6.50. The highest BCUT2D eigenvalue weighted by molar-refractivity contribution is 7.15. The molecule has 1 aromatic carbocycles. The van der Waals surface area contributed by atoms with E-state index in [1.54, 1.807) is 24.3 Å². The number of nitrogens with one attached hydrogen (secondary N) is 1. The lowest BCUT2D eigenvalue weighted by molar-refractivity contribution is -0.140. The van der Waals surface area contributed by atoms with Crippen molar-refractivity contribution in [2.24, 2.45) is 23.2 Å². The van der Waals surface area contributed by atoms with Gasteiger partial charge in [-0.2, -0.15) is 0 Å². The molecule has 0 unspecified atom stereocenters. The third-order valence-corrected chi connectivity index (χ3v) is 8.20. The Kier molecular flexibility index (Phi) is 3.90. The zero-order chi connectivity index (χ0) is 20.5. The van der Waals surface area contributed by atoms with E-state index in [-0.39, 0.29) is 29.7 Å². The smallest absolute Gasteiger partial charge is 0.261 e. The lowest BCUT2D eigenvalue weighted by Crippen LogP contribution is -2.51. The maximum absolute atomic E-state index is 13.2. The Hall–Kier alpha value is -2.61. The molecule has 4 saturated carbocycles. The van der Waals surface area contributed by atoms with Gasteiger partial charge in [0.15, 0.2) is 0 Å². The summed E-state index contributed by atoms with van der Waals surface area (Å²) >= 11 is 1.23. The van der Waals surface area contributed by atoms with Crippen molar-refractivity contribution < 1.29 is 14.4 Å². The summed E-state index contributed by atoms with van der Waals surface area (Å²) < 4.78 is 0. The number of aromatic nitrogens is 2. The minimum Gasteiger partial charge on any atom is -0.300 e. The molecule has 1 aliphatic heterocycles. The SMILES string of the molecule is O=C1c2ccccc2C(=O)N1Cc1nnc(NC(=O)C23CC4CC(CC(C4)C2)C3)s1. The van der Waals surface area contributed by atoms with Crippen LogP contribution in [0.15, 0.2) is 24.3 Å². The van der Waals surface area contributed by atoms with E-state index < -0.39 is 0 Å². The predicted octanol–water partition coefficient (Wildman–Crippen LogP) is 3.49. The average molecular weight is 423 g/mol. The van der Waals surface area contributed by atoms with Gasteiger partial charge in [-0.1, -0.05) is 23.5 Å². The van der Waals surface area contributed by atoms with Crippen LogP contribution in [0.1, 0.15) is 64.2 Å². The van der Waals surface area contributed by atoms with Crippen LogP contribution in [0.25, 0.3) is 0 Å². The average Bonchev–Trinajstić information content (AvgIpc) is 3.25. The number of carbonyl (C=O) groups excluding carboxylic acids is 3. The largest absolute Gasteiger partial charge is 0.300 e. The zero-order valence-corrected chi connectivity index (χ0v) is 17.3. The molecule has 8 heteroatoms. The number of carbonyl (C=O) groups is 3. The molecule has 0 atom stereocenters. The van der Waals surface area contributed by atoms with Gasteiger partial charge >= 0.3 is 0 Å². The van der Waals surface area contributed by atoms with Crippen LogP contribution in [-0.4, -0.2) is 32.8 Å². The highest BCUT2D eigenvalue weighted by atomic mass is 32.1. The molecule has 7 rings (SSSR count). The number of hydrogen-bond acceptors (Lipinski definition) is 6. The van der Waals surface area contributed by atoms with E-state index in [0.717, 1.165) is 19.3 Å². The van der Waals surface area contributed by atoms with Gasteiger partial charge in [-0.15, -0.1) is 10.2 Å². The van der Waals surface area contributed by atoms with E-state index in [0.29, 0.717) is 39.0 Å². The van der Waals surface area contributed by atoms with Crippen LogP contribution >= 0.6 is 11.3 Å². The Morgan fingerprint density at radius 2 is 1.57 bits per heavy atom. The van der Waals surface area contributed by atoms with Crippen LogP contribution in [0, 0.1) is 23.2 Å². The summed E-state index contributed by atoms with van der Waals surface area (Å²) in [5.41, 5.74) is 0.591. The van der Waals surface area contributed by atoms with Gasteiger partial charge in [-0.05, 0) is 68.4 Å². The maximum atomic E-state index is 13.2. The third kappa shape index (κ3) is 2.73. The first-order valence-electron chi connectivity index (χ1n) is 10.6. The van der Waals surface area contributed by atoms with Crippen molar-refractivity contribution in [1.29, 1.82) is 0 Å². The number of benzene rings is 1. The molecule has 4 aliphatic carbocycles. The number of anilines is 1. The Labute approximate surface area is 177 Å². The van der Waals surface area contributed by atoms with Gasteiger partial charge in [-0.3, -0.25) is 19.3 Å². The van der Waals surface area contributed by atoms with Crippen LogP contribution in [-0.2, 0) is 11.3 Å². The van der Waals surface area contributed by atoms with Crippen LogP contribution in [0.4, 0.5) is 5.13 Å². The molecular weight excluding hydrogens is 400 g/mol. The Morgan fingerprint density at radius 3 is 2.13 bits per heavy atom. The topological polar surface area (TPSA) is 92.3 Å². The number of imide groups is 1. The van der Waals surface area contributed by atoms with E-state index in [2.05, 4.69) is 15.5 Å². The number of rotatable bonds is 4. The highest BCUT2D eigenvalue weighted by Crippen LogP contribution is 2.60. The second-order valence-corrected chi connectivity index (χ2v) is 10.5. The van der Waals surface area contributed by atoms with Crippen LogP contribution in [0.2, 0.25) is 0 Å². The molecule has 0 spiro atoms. The lowest BCUT2D eigenvalue weighted by atomic mass is 9.49. The van der Waals surface area contributed by atoms with Crippen molar-refractivity contribution in [3.8, 4) is 0 Å². The van der Waals surface area contributed by atoms with E-state index >= 15 is 0 Å². The van der Waals surface area contributed by atoms with Gasteiger partial charge in [0.25, 0.3) is 11.8 Å². The van der Waals surface area contributed by atoms with Gasteiger partial charge in [-0.25, -0.2) is 0 Å². The molecule has 2 heterocycles. The third-order valence-electron chi connectivity index (χ3n) is 7.38. The van der Waals surface area contributed by atoms with Gasteiger partial charge < -0.3 is 5.32 Å². The first-order valence-corrected chi connectivity index (χ1v) is 11.4. The zero-order valence-electron chi connectivity index (χ0n) is 16.5. The summed E-state index contributed by atoms with van der Waals surface area (Å²) in [4.78, 5) is 39.5. The normalized spacial score (nSPS) is 31.3. The molecule has 1 aromatic heterocycles. The minimum atomic E-state index is -0.315. The minimum absolute atomic E-state index is 0.0667. The lowest BCUT2D eigenvalue weighted by Gasteiger charge is -2.55. The van der Waals surface area contributed by atoms with Crippen molar-refractivity contribution in [3.63, 3.8) is 0 Å². The number of nitrogens with zero attached hydrogens (tertiary/aromatic N) is 3. The maximum Gasteiger partial charge on any atom is 0.261 e. The Morgan fingerprint density at radius 1 is 1.00 bits per heavy atom. The molecule has 5 aliphatic rings. The molecule has 30 heavy (non-hydrogen) atoms. The number of hydrogen-bond donors (Lipinski definition) is 1. The molecule has 154 valence electrons. The molecular formula is C22H22N4O3S. The van der Waals surface area contributed by atoms with Crippen molar-refractivity contribution in [2.45, 2.75) is 45.1 Å². The molecule has 1 N–H and O–H groups in total. The van der Waals surface area contributed by atoms with Crippen LogP contribution < -0.4 is 5.32 Å². The molecule has 0 saturated heterocycles. The second kappa shape index (κ2) is 6.44. The highest BCUT2D eigenvalue weighted by Gasteiger charge is 2.54. The van der Waals surface area contributed by atoms with Crippen LogP contribution in [0.3, 0.4) is 0 Å². The quantitative estimate of drug-likeness (QED) is 0.762. The van der Waals surface area contributed by atoms with Gasteiger partial charge in [0.05, 0.1) is 23.1 Å². The standard InChI is InChI=1S/C22H22N4O3S/c27-18-15-3-1-2-4-16(15)19(28)26(18)11-17-24-25-21(30-17)23-20(29)22-8-12-5-13(9-22)7-14(6-12)10-22/h1-4,12-14H,5-11H2,(H,23,25,29). The summed E-state index contributed by atoms with van der Waals surface area (Å²) in [6, 6.07) is 6.81. The summed E-state index contributed by atoms with van der Waals surface area (Å²) in [5.74, 6) is 1.53. The first kappa shape index (κ1) is 18.2. The summed E-state index contributed by atoms with van der Waals surface area (Å²) in [7, 11) is 0. The summed E-state index contributed by atoms with van der Waals surface area (Å²) in [6.07, 6.45) is 6.84. The van der Waals surface area contributed by atoms with E-state index in [1.165, 1.54) is 35.5 Å². The van der Waals surface area contributed by atoms with Gasteiger partial charge in [0.2, 0.25) is 11.0 Å². The van der Waals surface area contributed by atoms with E-state index in [9.17, 15) is 14.4 Å².